The molecule has 0 saturated carbocycles. The molecule has 0 aliphatic carbocycles. The third-order valence-electron chi connectivity index (χ3n) is 2.35. The Bertz CT molecular complexity index is 393. The van der Waals surface area contributed by atoms with E-state index in [0.29, 0.717) is 12.2 Å². The minimum absolute atomic E-state index is 0.0903. The SMILES string of the molecule is CCOCOc1c(C)cc(C(N)=NO)cc1C. The van der Waals surface area contributed by atoms with E-state index in [1.165, 1.54) is 0 Å². The number of hydrogen-bond donors (Lipinski definition) is 2. The first-order chi connectivity index (χ1) is 8.10. The summed E-state index contributed by atoms with van der Waals surface area (Å²) in [4.78, 5) is 0. The van der Waals surface area contributed by atoms with E-state index in [-0.39, 0.29) is 12.6 Å². The highest BCUT2D eigenvalue weighted by Gasteiger charge is 2.08. The molecule has 0 unspecified atom stereocenters. The molecular weight excluding hydrogens is 220 g/mol. The van der Waals surface area contributed by atoms with Gasteiger partial charge in [0.1, 0.15) is 5.75 Å². The maximum Gasteiger partial charge on any atom is 0.189 e. The van der Waals surface area contributed by atoms with Crippen molar-refractivity contribution >= 4 is 5.84 Å². The highest BCUT2D eigenvalue weighted by molar-refractivity contribution is 5.97. The average molecular weight is 238 g/mol. The van der Waals surface area contributed by atoms with Gasteiger partial charge in [0.25, 0.3) is 0 Å². The smallest absolute Gasteiger partial charge is 0.189 e. The second kappa shape index (κ2) is 6.10. The van der Waals surface area contributed by atoms with Crippen LogP contribution in [0.1, 0.15) is 23.6 Å². The number of nitrogens with two attached hydrogens (primary N) is 1. The lowest BCUT2D eigenvalue weighted by atomic mass is 10.1. The van der Waals surface area contributed by atoms with Crippen LogP contribution in [0.25, 0.3) is 0 Å². The molecule has 0 amide bonds. The van der Waals surface area contributed by atoms with E-state index in [1.54, 1.807) is 0 Å². The first kappa shape index (κ1) is 13.3. The van der Waals surface area contributed by atoms with Crippen molar-refractivity contribution in [2.75, 3.05) is 13.4 Å². The Kier molecular flexibility index (Phi) is 4.78. The topological polar surface area (TPSA) is 77.1 Å². The predicted molar refractivity (Wildman–Crippen MR) is 65.5 cm³/mol. The third-order valence-corrected chi connectivity index (χ3v) is 2.35. The van der Waals surface area contributed by atoms with Gasteiger partial charge in [0, 0.05) is 12.2 Å². The van der Waals surface area contributed by atoms with Crippen molar-refractivity contribution in [3.63, 3.8) is 0 Å². The first-order valence-electron chi connectivity index (χ1n) is 5.39. The number of hydrogen-bond acceptors (Lipinski definition) is 4. The Morgan fingerprint density at radius 2 is 1.94 bits per heavy atom. The summed E-state index contributed by atoms with van der Waals surface area (Å²) in [6.45, 7) is 6.55. The van der Waals surface area contributed by atoms with Crippen LogP contribution in [0.15, 0.2) is 17.3 Å². The molecule has 0 spiro atoms. The summed E-state index contributed by atoms with van der Waals surface area (Å²) in [5.41, 5.74) is 8.06. The molecule has 0 saturated heterocycles. The van der Waals surface area contributed by atoms with Crippen molar-refractivity contribution in [1.82, 2.24) is 0 Å². The highest BCUT2D eigenvalue weighted by Crippen LogP contribution is 2.24. The number of aryl methyl sites for hydroxylation is 2. The average Bonchev–Trinajstić information content (AvgIpc) is 2.31. The molecule has 17 heavy (non-hydrogen) atoms. The van der Waals surface area contributed by atoms with Crippen LogP contribution in [0.4, 0.5) is 0 Å². The van der Waals surface area contributed by atoms with E-state index < -0.39 is 0 Å². The number of amidine groups is 1. The van der Waals surface area contributed by atoms with Crippen molar-refractivity contribution in [2.24, 2.45) is 10.9 Å². The van der Waals surface area contributed by atoms with Crippen LogP contribution in [0.3, 0.4) is 0 Å². The molecule has 1 aromatic carbocycles. The van der Waals surface area contributed by atoms with Gasteiger partial charge in [0.15, 0.2) is 12.6 Å². The summed E-state index contributed by atoms with van der Waals surface area (Å²) in [5, 5.41) is 11.6. The Morgan fingerprint density at radius 3 is 2.41 bits per heavy atom. The van der Waals surface area contributed by atoms with Crippen LogP contribution >= 0.6 is 0 Å². The summed E-state index contributed by atoms with van der Waals surface area (Å²) in [6, 6.07) is 3.62. The van der Waals surface area contributed by atoms with Crippen molar-refractivity contribution in [1.29, 1.82) is 0 Å². The Labute approximate surface area is 101 Å². The second-order valence-electron chi connectivity index (χ2n) is 3.68. The van der Waals surface area contributed by atoms with Gasteiger partial charge in [-0.25, -0.2) is 0 Å². The summed E-state index contributed by atoms with van der Waals surface area (Å²) < 4.78 is 10.6. The van der Waals surface area contributed by atoms with Crippen LogP contribution in [0, 0.1) is 13.8 Å². The summed E-state index contributed by atoms with van der Waals surface area (Å²) in [7, 11) is 0. The van der Waals surface area contributed by atoms with Gasteiger partial charge in [-0.3, -0.25) is 0 Å². The number of oxime groups is 1. The lowest BCUT2D eigenvalue weighted by Crippen LogP contribution is -2.14. The largest absolute Gasteiger partial charge is 0.467 e. The molecule has 1 aromatic rings. The van der Waals surface area contributed by atoms with Crippen LogP contribution in [-0.2, 0) is 4.74 Å². The fourth-order valence-corrected chi connectivity index (χ4v) is 1.57. The molecule has 0 aliphatic heterocycles. The van der Waals surface area contributed by atoms with Crippen molar-refractivity contribution in [2.45, 2.75) is 20.8 Å². The quantitative estimate of drug-likeness (QED) is 0.205. The first-order valence-corrected chi connectivity index (χ1v) is 5.39. The fraction of sp³-hybridized carbons (Fsp3) is 0.417. The molecule has 5 heteroatoms. The van der Waals surface area contributed by atoms with Crippen molar-refractivity contribution in [3.8, 4) is 5.75 Å². The van der Waals surface area contributed by atoms with Gasteiger partial charge in [-0.05, 0) is 44.0 Å². The van der Waals surface area contributed by atoms with Crippen molar-refractivity contribution < 1.29 is 14.7 Å². The number of nitrogens with zero attached hydrogens (tertiary/aromatic N) is 1. The zero-order valence-electron chi connectivity index (χ0n) is 10.4. The number of rotatable bonds is 5. The third kappa shape index (κ3) is 3.35. The van der Waals surface area contributed by atoms with Gasteiger partial charge >= 0.3 is 0 Å². The van der Waals surface area contributed by atoms with Crippen molar-refractivity contribution in [3.05, 3.63) is 28.8 Å². The van der Waals surface area contributed by atoms with Crippen LogP contribution < -0.4 is 10.5 Å². The Balaban J connectivity index is 2.94. The Hall–Kier alpha value is -1.75. The summed E-state index contributed by atoms with van der Waals surface area (Å²) >= 11 is 0. The van der Waals surface area contributed by atoms with Gasteiger partial charge in [0.2, 0.25) is 0 Å². The maximum absolute atomic E-state index is 8.62. The number of ether oxygens (including phenoxy) is 2. The lowest BCUT2D eigenvalue weighted by Gasteiger charge is -2.13. The molecule has 94 valence electrons. The maximum atomic E-state index is 8.62. The fourth-order valence-electron chi connectivity index (χ4n) is 1.57. The van der Waals surface area contributed by atoms with Crippen LogP contribution in [0.5, 0.6) is 5.75 Å². The van der Waals surface area contributed by atoms with E-state index in [1.807, 2.05) is 32.9 Å². The molecule has 0 atom stereocenters. The number of benzene rings is 1. The molecule has 1 rings (SSSR count). The normalized spacial score (nSPS) is 11.6. The van der Waals surface area contributed by atoms with E-state index in [4.69, 9.17) is 20.4 Å². The zero-order valence-corrected chi connectivity index (χ0v) is 10.4. The Morgan fingerprint density at radius 1 is 1.35 bits per heavy atom. The summed E-state index contributed by atoms with van der Waals surface area (Å²) in [5.74, 6) is 0.862. The van der Waals surface area contributed by atoms with E-state index in [9.17, 15) is 0 Å². The molecule has 3 N–H and O–H groups in total. The van der Waals surface area contributed by atoms with E-state index in [2.05, 4.69) is 5.16 Å². The molecule has 5 nitrogen and oxygen atoms in total. The van der Waals surface area contributed by atoms with Gasteiger partial charge in [-0.15, -0.1) is 0 Å². The highest BCUT2D eigenvalue weighted by atomic mass is 16.7. The standard InChI is InChI=1S/C12H18N2O3/c1-4-16-7-17-11-8(2)5-10(6-9(11)3)12(13)14-15/h5-6,15H,4,7H2,1-3H3,(H2,13,14). The monoisotopic (exact) mass is 238 g/mol. The minimum Gasteiger partial charge on any atom is -0.467 e. The van der Waals surface area contributed by atoms with Gasteiger partial charge in [0.05, 0.1) is 0 Å². The minimum atomic E-state index is 0.0903. The second-order valence-corrected chi connectivity index (χ2v) is 3.68. The molecule has 0 aliphatic rings. The molecule has 0 heterocycles. The predicted octanol–water partition coefficient (Wildman–Crippen LogP) is 1.77. The van der Waals surface area contributed by atoms with Gasteiger partial charge < -0.3 is 20.4 Å². The molecule has 0 radical (unpaired) electrons. The zero-order chi connectivity index (χ0) is 12.8. The van der Waals surface area contributed by atoms with E-state index >= 15 is 0 Å². The molecule has 0 bridgehead atoms. The van der Waals surface area contributed by atoms with Gasteiger partial charge in [-0.2, -0.15) is 0 Å². The van der Waals surface area contributed by atoms with Crippen LogP contribution in [-0.4, -0.2) is 24.4 Å². The van der Waals surface area contributed by atoms with Crippen LogP contribution in [0.2, 0.25) is 0 Å². The van der Waals surface area contributed by atoms with Gasteiger partial charge in [-0.1, -0.05) is 5.16 Å². The van der Waals surface area contributed by atoms with E-state index in [0.717, 1.165) is 16.9 Å². The lowest BCUT2D eigenvalue weighted by molar-refractivity contribution is 0.0216. The molecular formula is C12H18N2O3. The molecule has 0 fully saturated rings. The summed E-state index contributed by atoms with van der Waals surface area (Å²) in [6.07, 6.45) is 0. The molecule has 0 aromatic heterocycles.